The predicted octanol–water partition coefficient (Wildman–Crippen LogP) is 1.47. The first kappa shape index (κ1) is 15.7. The van der Waals surface area contributed by atoms with Crippen molar-refractivity contribution in [1.82, 2.24) is 9.55 Å². The minimum absolute atomic E-state index is 0.285. The number of carboxylic acids is 1. The van der Waals surface area contributed by atoms with Crippen LogP contribution in [0.25, 0.3) is 0 Å². The van der Waals surface area contributed by atoms with Crippen molar-refractivity contribution in [3.05, 3.63) is 27.4 Å². The van der Waals surface area contributed by atoms with Gasteiger partial charge in [0.25, 0.3) is 0 Å². The van der Waals surface area contributed by atoms with Crippen molar-refractivity contribution in [1.29, 1.82) is 0 Å². The van der Waals surface area contributed by atoms with Gasteiger partial charge < -0.3 is 9.84 Å². The Kier molecular flexibility index (Phi) is 4.77. The summed E-state index contributed by atoms with van der Waals surface area (Å²) < 4.78 is 7.04. The van der Waals surface area contributed by atoms with Crippen molar-refractivity contribution in [2.24, 2.45) is 5.92 Å². The summed E-state index contributed by atoms with van der Waals surface area (Å²) in [4.78, 5) is 27.4. The quantitative estimate of drug-likeness (QED) is 0.909. The van der Waals surface area contributed by atoms with Crippen LogP contribution in [0.3, 0.4) is 0 Å². The smallest absolute Gasteiger partial charge is 0.347 e. The van der Waals surface area contributed by atoms with E-state index in [1.165, 1.54) is 0 Å². The second-order valence-electron chi connectivity index (χ2n) is 5.73. The fourth-order valence-electron chi connectivity index (χ4n) is 2.99. The number of hydrogen-bond acceptors (Lipinski definition) is 4. The van der Waals surface area contributed by atoms with Gasteiger partial charge in [0.1, 0.15) is 0 Å². The number of aromatic nitrogens is 2. The molecule has 1 aromatic rings. The van der Waals surface area contributed by atoms with Gasteiger partial charge in [0.2, 0.25) is 0 Å². The number of carbonyl (C=O) groups is 1. The van der Waals surface area contributed by atoms with Crippen LogP contribution < -0.4 is 5.69 Å². The Bertz CT molecular complexity index is 588. The number of aryl methyl sites for hydroxylation is 1. The zero-order chi connectivity index (χ0) is 15.6. The van der Waals surface area contributed by atoms with Crippen LogP contribution in [0.2, 0.25) is 0 Å². The predicted molar refractivity (Wildman–Crippen MR) is 77.6 cm³/mol. The number of nitrogens with zero attached hydrogens (tertiary/aromatic N) is 2. The summed E-state index contributed by atoms with van der Waals surface area (Å²) in [5.41, 5.74) is 1.53. The van der Waals surface area contributed by atoms with E-state index in [0.717, 1.165) is 19.4 Å². The standard InChI is InChI=1S/C15H22N2O4/c1-9(14(18)19)13-10(2)16-15(20)17(11(13)3)7-12-5-4-6-21-8-12/h9,12H,4-8H2,1-3H3,(H,18,19). The van der Waals surface area contributed by atoms with Crippen LogP contribution in [0.15, 0.2) is 4.79 Å². The molecule has 21 heavy (non-hydrogen) atoms. The summed E-state index contributed by atoms with van der Waals surface area (Å²) in [5, 5.41) is 9.23. The van der Waals surface area contributed by atoms with Gasteiger partial charge in [0.05, 0.1) is 12.5 Å². The Morgan fingerprint density at radius 1 is 1.52 bits per heavy atom. The Morgan fingerprint density at radius 3 is 2.81 bits per heavy atom. The molecule has 1 aliphatic rings. The maximum atomic E-state index is 12.1. The Labute approximate surface area is 123 Å². The lowest BCUT2D eigenvalue weighted by Crippen LogP contribution is -2.33. The summed E-state index contributed by atoms with van der Waals surface area (Å²) in [7, 11) is 0. The van der Waals surface area contributed by atoms with Crippen LogP contribution in [0.1, 0.15) is 42.6 Å². The van der Waals surface area contributed by atoms with Crippen molar-refractivity contribution in [3.8, 4) is 0 Å². The van der Waals surface area contributed by atoms with Crippen molar-refractivity contribution in [2.45, 2.75) is 46.1 Å². The van der Waals surface area contributed by atoms with E-state index in [1.54, 1.807) is 25.3 Å². The third-order valence-electron chi connectivity index (χ3n) is 4.18. The Hall–Kier alpha value is -1.69. The highest BCUT2D eigenvalue weighted by atomic mass is 16.5. The van der Waals surface area contributed by atoms with Gasteiger partial charge in [0, 0.05) is 36.0 Å². The van der Waals surface area contributed by atoms with Crippen molar-refractivity contribution >= 4 is 5.97 Å². The third kappa shape index (κ3) is 3.32. The average Bonchev–Trinajstić information content (AvgIpc) is 2.44. The van der Waals surface area contributed by atoms with Gasteiger partial charge in [0.15, 0.2) is 0 Å². The second-order valence-corrected chi connectivity index (χ2v) is 5.73. The van der Waals surface area contributed by atoms with Crippen molar-refractivity contribution < 1.29 is 14.6 Å². The highest BCUT2D eigenvalue weighted by molar-refractivity contribution is 5.76. The summed E-state index contributed by atoms with van der Waals surface area (Å²) in [5.74, 6) is -1.30. The van der Waals surface area contributed by atoms with Crippen LogP contribution in [0.4, 0.5) is 0 Å². The lowest BCUT2D eigenvalue weighted by Gasteiger charge is -2.25. The summed E-state index contributed by atoms with van der Waals surface area (Å²) in [6.07, 6.45) is 2.01. The van der Waals surface area contributed by atoms with Gasteiger partial charge >= 0.3 is 11.7 Å². The molecule has 0 saturated carbocycles. The summed E-state index contributed by atoms with van der Waals surface area (Å²) >= 11 is 0. The normalized spacial score (nSPS) is 20.2. The number of rotatable bonds is 4. The van der Waals surface area contributed by atoms with Gasteiger partial charge in [-0.2, -0.15) is 4.98 Å². The first-order valence-corrected chi connectivity index (χ1v) is 7.30. The molecule has 6 nitrogen and oxygen atoms in total. The van der Waals surface area contributed by atoms with Gasteiger partial charge in [-0.25, -0.2) is 4.79 Å². The maximum absolute atomic E-state index is 12.1. The molecular weight excluding hydrogens is 272 g/mol. The minimum Gasteiger partial charge on any atom is -0.481 e. The van der Waals surface area contributed by atoms with E-state index in [1.807, 2.05) is 0 Å². The van der Waals surface area contributed by atoms with Crippen LogP contribution in [0.5, 0.6) is 0 Å². The lowest BCUT2D eigenvalue weighted by molar-refractivity contribution is -0.138. The van der Waals surface area contributed by atoms with E-state index >= 15 is 0 Å². The monoisotopic (exact) mass is 294 g/mol. The molecule has 1 aromatic heterocycles. The molecule has 1 fully saturated rings. The highest BCUT2D eigenvalue weighted by Crippen LogP contribution is 2.23. The highest BCUT2D eigenvalue weighted by Gasteiger charge is 2.23. The molecule has 0 spiro atoms. The third-order valence-corrected chi connectivity index (χ3v) is 4.18. The molecule has 2 atom stereocenters. The topological polar surface area (TPSA) is 81.4 Å². The Morgan fingerprint density at radius 2 is 2.24 bits per heavy atom. The molecule has 116 valence electrons. The molecule has 2 heterocycles. The molecule has 0 bridgehead atoms. The zero-order valence-electron chi connectivity index (χ0n) is 12.8. The molecular formula is C15H22N2O4. The van der Waals surface area contributed by atoms with Gasteiger partial charge in [-0.15, -0.1) is 0 Å². The van der Waals surface area contributed by atoms with E-state index in [4.69, 9.17) is 4.74 Å². The number of ether oxygens (including phenoxy) is 1. The summed E-state index contributed by atoms with van der Waals surface area (Å²) in [6.45, 7) is 7.07. The largest absolute Gasteiger partial charge is 0.481 e. The maximum Gasteiger partial charge on any atom is 0.347 e. The minimum atomic E-state index is -0.908. The fraction of sp³-hybridized carbons (Fsp3) is 0.667. The molecule has 0 amide bonds. The first-order chi connectivity index (χ1) is 9.91. The van der Waals surface area contributed by atoms with E-state index in [2.05, 4.69) is 4.98 Å². The van der Waals surface area contributed by atoms with Crippen molar-refractivity contribution in [3.63, 3.8) is 0 Å². The van der Waals surface area contributed by atoms with E-state index in [0.29, 0.717) is 30.1 Å². The molecule has 1 N–H and O–H groups in total. The van der Waals surface area contributed by atoms with Gasteiger partial charge in [-0.05, 0) is 33.6 Å². The van der Waals surface area contributed by atoms with Gasteiger partial charge in [-0.1, -0.05) is 0 Å². The average molecular weight is 294 g/mol. The van der Waals surface area contributed by atoms with Crippen LogP contribution >= 0.6 is 0 Å². The number of hydrogen-bond donors (Lipinski definition) is 1. The van der Waals surface area contributed by atoms with Crippen molar-refractivity contribution in [2.75, 3.05) is 13.2 Å². The zero-order valence-corrected chi connectivity index (χ0v) is 12.8. The molecule has 2 rings (SSSR count). The number of carboxylic acid groups (broad SMARTS) is 1. The fourth-order valence-corrected chi connectivity index (χ4v) is 2.99. The first-order valence-electron chi connectivity index (χ1n) is 7.30. The molecule has 2 unspecified atom stereocenters. The van der Waals surface area contributed by atoms with Gasteiger partial charge in [-0.3, -0.25) is 9.36 Å². The number of aliphatic carboxylic acids is 1. The van der Waals surface area contributed by atoms with Crippen LogP contribution in [-0.2, 0) is 16.1 Å². The van der Waals surface area contributed by atoms with E-state index in [-0.39, 0.29) is 11.6 Å². The SMILES string of the molecule is Cc1nc(=O)n(CC2CCCOC2)c(C)c1C(C)C(=O)O. The molecule has 0 aliphatic carbocycles. The van der Waals surface area contributed by atoms with Crippen LogP contribution in [-0.4, -0.2) is 33.8 Å². The van der Waals surface area contributed by atoms with E-state index < -0.39 is 11.9 Å². The lowest BCUT2D eigenvalue weighted by atomic mass is 9.97. The Balaban J connectivity index is 2.38. The molecule has 0 radical (unpaired) electrons. The summed E-state index contributed by atoms with van der Waals surface area (Å²) in [6, 6.07) is 0. The van der Waals surface area contributed by atoms with E-state index in [9.17, 15) is 14.7 Å². The molecule has 6 heteroatoms. The van der Waals surface area contributed by atoms with Crippen LogP contribution in [0, 0.1) is 19.8 Å². The molecule has 0 aromatic carbocycles. The molecule has 1 saturated heterocycles. The molecule has 1 aliphatic heterocycles. The second kappa shape index (κ2) is 6.39.